The van der Waals surface area contributed by atoms with Crippen LogP contribution >= 0.6 is 11.6 Å². The molecule has 0 unspecified atom stereocenters. The van der Waals surface area contributed by atoms with Crippen molar-refractivity contribution in [2.45, 2.75) is 77.0 Å². The third kappa shape index (κ3) is 7.93. The van der Waals surface area contributed by atoms with Gasteiger partial charge in [0.25, 0.3) is 0 Å². The molecule has 13 heteroatoms. The van der Waals surface area contributed by atoms with E-state index in [0.717, 1.165) is 16.8 Å². The van der Waals surface area contributed by atoms with E-state index in [4.69, 9.17) is 16.3 Å². The second-order valence-corrected chi connectivity index (χ2v) is 12.6. The highest BCUT2D eigenvalue weighted by atomic mass is 35.5. The maximum Gasteiger partial charge on any atom is 0.410 e. The molecule has 0 aliphatic carbocycles. The van der Waals surface area contributed by atoms with Crippen LogP contribution in [0.1, 0.15) is 64.0 Å². The number of ketones is 1. The number of tetrazole rings is 1. The number of aromatic nitrogens is 6. The van der Waals surface area contributed by atoms with Crippen molar-refractivity contribution < 1.29 is 19.1 Å². The lowest BCUT2D eigenvalue weighted by molar-refractivity contribution is -0.131. The van der Waals surface area contributed by atoms with Gasteiger partial charge in [0, 0.05) is 30.4 Å². The molecule has 2 aromatic heterocycles. The Morgan fingerprint density at radius 3 is 2.64 bits per heavy atom. The molecule has 2 aromatic carbocycles. The van der Waals surface area contributed by atoms with E-state index in [-0.39, 0.29) is 18.1 Å². The van der Waals surface area contributed by atoms with Crippen molar-refractivity contribution >= 4 is 29.4 Å². The van der Waals surface area contributed by atoms with Gasteiger partial charge >= 0.3 is 6.09 Å². The predicted octanol–water partition coefficient (Wildman–Crippen LogP) is 4.69. The normalized spacial score (nSPS) is 17.5. The van der Waals surface area contributed by atoms with Crippen LogP contribution in [-0.4, -0.2) is 76.9 Å². The molecule has 3 heterocycles. The van der Waals surface area contributed by atoms with Crippen molar-refractivity contribution in [2.75, 3.05) is 6.54 Å². The van der Waals surface area contributed by atoms with Gasteiger partial charge in [0.15, 0.2) is 5.78 Å². The van der Waals surface area contributed by atoms with E-state index < -0.39 is 29.7 Å². The fourth-order valence-corrected chi connectivity index (χ4v) is 5.71. The van der Waals surface area contributed by atoms with Gasteiger partial charge in [-0.2, -0.15) is 5.10 Å². The van der Waals surface area contributed by atoms with Crippen molar-refractivity contribution in [2.24, 2.45) is 0 Å². The first-order valence-corrected chi connectivity index (χ1v) is 15.3. The minimum absolute atomic E-state index is 0.00785. The Kier molecular flexibility index (Phi) is 9.62. The van der Waals surface area contributed by atoms with Gasteiger partial charge in [-0.3, -0.25) is 14.5 Å². The Bertz CT molecular complexity index is 1640. The lowest BCUT2D eigenvalue weighted by Crippen LogP contribution is -2.56. The number of amides is 2. The highest BCUT2D eigenvalue weighted by molar-refractivity contribution is 6.30. The van der Waals surface area contributed by atoms with Gasteiger partial charge in [-0.25, -0.2) is 14.2 Å². The molecular formula is C32H37ClN8O4. The Labute approximate surface area is 266 Å². The molecule has 1 aliphatic rings. The molecule has 1 saturated heterocycles. The molecule has 1 aliphatic heterocycles. The van der Waals surface area contributed by atoms with Gasteiger partial charge in [0.2, 0.25) is 5.91 Å². The van der Waals surface area contributed by atoms with E-state index in [9.17, 15) is 14.4 Å². The number of halogens is 1. The number of piperidine rings is 1. The molecule has 1 N–H and O–H groups in total. The monoisotopic (exact) mass is 632 g/mol. The van der Waals surface area contributed by atoms with Crippen LogP contribution in [0.25, 0.3) is 11.4 Å². The number of Topliss-reactive ketones (excluding diaryl/α,β-unsaturated/α-hetero) is 1. The summed E-state index contributed by atoms with van der Waals surface area (Å²) >= 11 is 6.23. The summed E-state index contributed by atoms with van der Waals surface area (Å²) in [5.74, 6) is -0.547. The Balaban J connectivity index is 1.29. The van der Waals surface area contributed by atoms with Crippen LogP contribution in [0.15, 0.2) is 67.3 Å². The van der Waals surface area contributed by atoms with Crippen LogP contribution in [0.3, 0.4) is 0 Å². The second-order valence-electron chi connectivity index (χ2n) is 12.2. The molecule has 4 aromatic rings. The number of likely N-dealkylation sites (tertiary alicyclic amines) is 1. The molecule has 12 nitrogen and oxygen atoms in total. The minimum Gasteiger partial charge on any atom is -0.444 e. The number of rotatable bonds is 9. The molecule has 0 saturated carbocycles. The smallest absolute Gasteiger partial charge is 0.410 e. The van der Waals surface area contributed by atoms with Gasteiger partial charge in [0.05, 0.1) is 17.4 Å². The summed E-state index contributed by atoms with van der Waals surface area (Å²) in [5, 5.41) is 19.0. The maximum absolute atomic E-state index is 13.8. The summed E-state index contributed by atoms with van der Waals surface area (Å²) in [6, 6.07) is 13.6. The number of hydrogen-bond acceptors (Lipinski definition) is 8. The lowest BCUT2D eigenvalue weighted by atomic mass is 9.84. The molecule has 0 radical (unpaired) electrons. The summed E-state index contributed by atoms with van der Waals surface area (Å²) in [6.45, 7) is 7.36. The third-order valence-electron chi connectivity index (χ3n) is 7.76. The van der Waals surface area contributed by atoms with Crippen LogP contribution in [0.5, 0.6) is 0 Å². The van der Waals surface area contributed by atoms with Gasteiger partial charge in [-0.15, -0.1) is 5.10 Å². The summed E-state index contributed by atoms with van der Waals surface area (Å²) in [4.78, 5) is 41.7. The fraction of sp³-hybridized carbons (Fsp3) is 0.406. The number of nitrogens with one attached hydrogen (secondary N) is 1. The average Bonchev–Trinajstić information content (AvgIpc) is 3.74. The van der Waals surface area contributed by atoms with Crippen molar-refractivity contribution in [3.63, 3.8) is 0 Å². The zero-order valence-corrected chi connectivity index (χ0v) is 26.5. The molecule has 2 amide bonds. The number of benzene rings is 2. The number of nitrogens with zero attached hydrogens (tertiary/aromatic N) is 7. The SMILES string of the molecule is C[C@H](NC(=O)[C@H]1C[C@@H](c2cccc(-n3cccn3)c2)CCN1C(=O)OC(C)(C)C)C(=O)CCc1cc(Cl)ccc1-n1cnnn1. The van der Waals surface area contributed by atoms with E-state index in [1.165, 1.54) is 15.9 Å². The second kappa shape index (κ2) is 13.6. The highest BCUT2D eigenvalue weighted by Gasteiger charge is 2.39. The standard InChI is InChI=1S/C32H37ClN8O4/c1-21(29(42)12-9-24-17-25(33)10-11-27(24)41-20-34-37-38-41)36-30(43)28-19-23(13-16-39(28)31(44)45-32(2,3)4)22-7-5-8-26(18-22)40-15-6-14-35-40/h5-8,10-11,14-15,17-18,20-21,23,28H,9,12-13,16,19H2,1-4H3,(H,36,43)/t21-,23-,28+/m0/s1. The first-order chi connectivity index (χ1) is 21.5. The summed E-state index contributed by atoms with van der Waals surface area (Å²) in [7, 11) is 0. The van der Waals surface area contributed by atoms with Gasteiger partial charge in [-0.1, -0.05) is 23.7 Å². The van der Waals surface area contributed by atoms with E-state index in [1.807, 2.05) is 30.5 Å². The van der Waals surface area contributed by atoms with E-state index in [1.54, 1.807) is 56.8 Å². The fourth-order valence-electron chi connectivity index (χ4n) is 5.51. The van der Waals surface area contributed by atoms with Gasteiger partial charge in [-0.05, 0) is 111 Å². The number of hydrogen-bond donors (Lipinski definition) is 1. The Morgan fingerprint density at radius 2 is 1.93 bits per heavy atom. The van der Waals surface area contributed by atoms with Gasteiger partial charge < -0.3 is 10.1 Å². The number of carbonyl (C=O) groups excluding carboxylic acids is 3. The molecule has 45 heavy (non-hydrogen) atoms. The summed E-state index contributed by atoms with van der Waals surface area (Å²) in [6.07, 6.45) is 6.07. The molecule has 0 spiro atoms. The quantitative estimate of drug-likeness (QED) is 0.281. The Hall–Kier alpha value is -4.58. The predicted molar refractivity (Wildman–Crippen MR) is 167 cm³/mol. The van der Waals surface area contributed by atoms with Crippen LogP contribution < -0.4 is 5.32 Å². The van der Waals surface area contributed by atoms with E-state index >= 15 is 0 Å². The Morgan fingerprint density at radius 1 is 1.11 bits per heavy atom. The van der Waals surface area contributed by atoms with E-state index in [0.29, 0.717) is 36.5 Å². The van der Waals surface area contributed by atoms with Crippen molar-refractivity contribution in [1.29, 1.82) is 0 Å². The third-order valence-corrected chi connectivity index (χ3v) is 8.00. The minimum atomic E-state index is -0.818. The highest BCUT2D eigenvalue weighted by Crippen LogP contribution is 2.33. The van der Waals surface area contributed by atoms with Gasteiger partial charge in [0.1, 0.15) is 18.0 Å². The van der Waals surface area contributed by atoms with Crippen molar-refractivity contribution in [3.8, 4) is 11.4 Å². The molecule has 3 atom stereocenters. The van der Waals surface area contributed by atoms with E-state index in [2.05, 4.69) is 32.0 Å². The summed E-state index contributed by atoms with van der Waals surface area (Å²) < 4.78 is 8.95. The molecule has 1 fully saturated rings. The number of ether oxygens (including phenoxy) is 1. The molecule has 0 bridgehead atoms. The maximum atomic E-state index is 13.8. The van der Waals surface area contributed by atoms with Crippen molar-refractivity contribution in [3.05, 3.63) is 83.4 Å². The molecule has 5 rings (SSSR count). The largest absolute Gasteiger partial charge is 0.444 e. The number of aryl methyl sites for hydroxylation is 1. The average molecular weight is 633 g/mol. The zero-order valence-electron chi connectivity index (χ0n) is 25.8. The van der Waals surface area contributed by atoms with Crippen LogP contribution in [0.2, 0.25) is 5.02 Å². The van der Waals surface area contributed by atoms with Crippen LogP contribution in [-0.2, 0) is 20.7 Å². The molecule has 236 valence electrons. The number of carbonyl (C=O) groups is 3. The first kappa shape index (κ1) is 31.8. The topological polar surface area (TPSA) is 137 Å². The molecular weight excluding hydrogens is 596 g/mol. The van der Waals surface area contributed by atoms with Crippen LogP contribution in [0.4, 0.5) is 4.79 Å². The summed E-state index contributed by atoms with van der Waals surface area (Å²) in [5.41, 5.74) is 2.75. The van der Waals surface area contributed by atoms with Crippen LogP contribution in [0, 0.1) is 0 Å². The lowest BCUT2D eigenvalue weighted by Gasteiger charge is -2.39. The first-order valence-electron chi connectivity index (χ1n) is 14.9. The zero-order chi connectivity index (χ0) is 32.1. The van der Waals surface area contributed by atoms with Crippen molar-refractivity contribution in [1.82, 2.24) is 40.2 Å².